The molecular formula is C11H22FNO. The van der Waals surface area contributed by atoms with E-state index in [1.807, 2.05) is 20.9 Å². The smallest absolute Gasteiger partial charge is 0.143 e. The minimum atomic E-state index is -0.845. The Morgan fingerprint density at radius 1 is 1.29 bits per heavy atom. The average Bonchev–Trinajstić information content (AvgIpc) is 2.25. The van der Waals surface area contributed by atoms with Crippen LogP contribution in [0.15, 0.2) is 0 Å². The minimum absolute atomic E-state index is 0.0127. The summed E-state index contributed by atoms with van der Waals surface area (Å²) in [5.74, 6) is 0.343. The Bertz CT molecular complexity index is 184. The van der Waals surface area contributed by atoms with Gasteiger partial charge in [0.25, 0.3) is 0 Å². The van der Waals surface area contributed by atoms with E-state index in [2.05, 4.69) is 18.7 Å². The van der Waals surface area contributed by atoms with Gasteiger partial charge >= 0.3 is 0 Å². The molecule has 84 valence electrons. The largest absolute Gasteiger partial charge is 0.371 e. The lowest BCUT2D eigenvalue weighted by Crippen LogP contribution is -2.36. The topological polar surface area (TPSA) is 12.5 Å². The van der Waals surface area contributed by atoms with Gasteiger partial charge < -0.3 is 4.74 Å². The molecule has 0 amide bonds. The molecule has 2 nitrogen and oxygen atoms in total. The highest BCUT2D eigenvalue weighted by atomic mass is 19.1. The summed E-state index contributed by atoms with van der Waals surface area (Å²) in [6.45, 7) is 8.74. The molecule has 0 aromatic rings. The molecule has 0 aromatic heterocycles. The van der Waals surface area contributed by atoms with E-state index in [9.17, 15) is 4.39 Å². The molecule has 1 aliphatic rings. The van der Waals surface area contributed by atoms with Gasteiger partial charge in [-0.3, -0.25) is 4.90 Å². The summed E-state index contributed by atoms with van der Waals surface area (Å²) in [4.78, 5) is 2.07. The van der Waals surface area contributed by atoms with Crippen molar-refractivity contribution in [1.29, 1.82) is 0 Å². The maximum Gasteiger partial charge on any atom is 0.143 e. The predicted molar refractivity (Wildman–Crippen MR) is 56.2 cm³/mol. The van der Waals surface area contributed by atoms with Gasteiger partial charge in [0.2, 0.25) is 0 Å². The van der Waals surface area contributed by atoms with Crippen LogP contribution in [0.5, 0.6) is 0 Å². The summed E-state index contributed by atoms with van der Waals surface area (Å²) in [7, 11) is 1.97. The molecule has 1 fully saturated rings. The van der Waals surface area contributed by atoms with E-state index in [1.54, 1.807) is 0 Å². The van der Waals surface area contributed by atoms with E-state index in [0.717, 1.165) is 0 Å². The lowest BCUT2D eigenvalue weighted by Gasteiger charge is -2.24. The first-order valence-electron chi connectivity index (χ1n) is 5.43. The fourth-order valence-electron chi connectivity index (χ4n) is 2.31. The average molecular weight is 203 g/mol. The summed E-state index contributed by atoms with van der Waals surface area (Å²) in [6.07, 6.45) is -0.979. The Morgan fingerprint density at radius 2 is 1.86 bits per heavy atom. The summed E-state index contributed by atoms with van der Waals surface area (Å²) in [5.41, 5.74) is 0. The molecular weight excluding hydrogens is 181 g/mol. The molecule has 0 N–H and O–H groups in total. The van der Waals surface area contributed by atoms with Gasteiger partial charge in [-0.05, 0) is 26.8 Å². The Morgan fingerprint density at radius 3 is 2.21 bits per heavy atom. The molecule has 0 aliphatic carbocycles. The van der Waals surface area contributed by atoms with Crippen molar-refractivity contribution in [3.8, 4) is 0 Å². The zero-order valence-electron chi connectivity index (χ0n) is 9.83. The Labute approximate surface area is 86.4 Å². The van der Waals surface area contributed by atoms with Crippen molar-refractivity contribution in [2.75, 3.05) is 13.6 Å². The summed E-state index contributed by atoms with van der Waals surface area (Å²) < 4.78 is 19.5. The third kappa shape index (κ3) is 2.45. The summed E-state index contributed by atoms with van der Waals surface area (Å²) in [6, 6.07) is 0.0127. The third-order valence-electron chi connectivity index (χ3n) is 2.79. The number of nitrogens with zero attached hydrogens (tertiary/aromatic N) is 1. The van der Waals surface area contributed by atoms with Crippen LogP contribution in [0.3, 0.4) is 0 Å². The summed E-state index contributed by atoms with van der Waals surface area (Å²) in [5, 5.41) is 0. The molecule has 0 bridgehead atoms. The lowest BCUT2D eigenvalue weighted by molar-refractivity contribution is -0.0205. The van der Waals surface area contributed by atoms with E-state index in [0.29, 0.717) is 12.5 Å². The standard InChI is InChI=1S/C11H22FNO/c1-7(2)11-10(12)9(6-13(11)5)14-8(3)4/h7-11H,6H2,1-5H3. The van der Waals surface area contributed by atoms with Crippen LogP contribution >= 0.6 is 0 Å². The van der Waals surface area contributed by atoms with Crippen LogP contribution < -0.4 is 0 Å². The highest BCUT2D eigenvalue weighted by Gasteiger charge is 2.42. The number of ether oxygens (including phenoxy) is 1. The highest BCUT2D eigenvalue weighted by Crippen LogP contribution is 2.28. The number of likely N-dealkylation sites (N-methyl/N-ethyl adjacent to an activating group) is 1. The van der Waals surface area contributed by atoms with E-state index >= 15 is 0 Å². The van der Waals surface area contributed by atoms with Gasteiger partial charge in [-0.2, -0.15) is 0 Å². The number of rotatable bonds is 3. The van der Waals surface area contributed by atoms with Crippen LogP contribution in [0.25, 0.3) is 0 Å². The molecule has 3 atom stereocenters. The number of likely N-dealkylation sites (tertiary alicyclic amines) is 1. The van der Waals surface area contributed by atoms with Crippen molar-refractivity contribution >= 4 is 0 Å². The summed E-state index contributed by atoms with van der Waals surface area (Å²) >= 11 is 0. The second kappa shape index (κ2) is 4.58. The molecule has 1 saturated heterocycles. The van der Waals surface area contributed by atoms with Gasteiger partial charge in [-0.15, -0.1) is 0 Å². The molecule has 1 aliphatic heterocycles. The molecule has 1 rings (SSSR count). The van der Waals surface area contributed by atoms with Crippen molar-refractivity contribution in [3.63, 3.8) is 0 Å². The monoisotopic (exact) mass is 203 g/mol. The fourth-order valence-corrected chi connectivity index (χ4v) is 2.31. The van der Waals surface area contributed by atoms with Gasteiger partial charge in [0.15, 0.2) is 0 Å². The van der Waals surface area contributed by atoms with E-state index in [4.69, 9.17) is 4.74 Å². The molecule has 3 unspecified atom stereocenters. The van der Waals surface area contributed by atoms with Crippen molar-refractivity contribution in [3.05, 3.63) is 0 Å². The molecule has 0 saturated carbocycles. The van der Waals surface area contributed by atoms with Gasteiger partial charge in [0.05, 0.1) is 6.10 Å². The molecule has 0 radical (unpaired) electrons. The first-order chi connectivity index (χ1) is 6.43. The second-order valence-corrected chi connectivity index (χ2v) is 4.84. The zero-order valence-corrected chi connectivity index (χ0v) is 9.83. The van der Waals surface area contributed by atoms with Crippen LogP contribution in [0.2, 0.25) is 0 Å². The number of alkyl halides is 1. The van der Waals surface area contributed by atoms with Gasteiger partial charge in [0, 0.05) is 12.6 Å². The van der Waals surface area contributed by atoms with Crippen LogP contribution in [0.4, 0.5) is 4.39 Å². The zero-order chi connectivity index (χ0) is 10.9. The molecule has 1 heterocycles. The Hall–Kier alpha value is -0.150. The molecule has 0 spiro atoms. The highest BCUT2D eigenvalue weighted by molar-refractivity contribution is 4.94. The van der Waals surface area contributed by atoms with Crippen molar-refractivity contribution in [2.45, 2.75) is 52.1 Å². The number of hydrogen-bond acceptors (Lipinski definition) is 2. The third-order valence-corrected chi connectivity index (χ3v) is 2.79. The maximum atomic E-state index is 13.9. The molecule has 14 heavy (non-hydrogen) atoms. The van der Waals surface area contributed by atoms with Gasteiger partial charge in [0.1, 0.15) is 12.3 Å². The second-order valence-electron chi connectivity index (χ2n) is 4.84. The minimum Gasteiger partial charge on any atom is -0.371 e. The molecule has 3 heteroatoms. The van der Waals surface area contributed by atoms with Crippen LogP contribution in [0, 0.1) is 5.92 Å². The SMILES string of the molecule is CC(C)OC1CN(C)C(C(C)C)C1F. The fraction of sp³-hybridized carbons (Fsp3) is 1.00. The maximum absolute atomic E-state index is 13.9. The number of halogens is 1. The van der Waals surface area contributed by atoms with Crippen molar-refractivity contribution < 1.29 is 9.13 Å². The van der Waals surface area contributed by atoms with Gasteiger partial charge in [-0.25, -0.2) is 4.39 Å². The van der Waals surface area contributed by atoms with Crippen LogP contribution in [-0.4, -0.2) is 42.9 Å². The van der Waals surface area contributed by atoms with E-state index in [-0.39, 0.29) is 18.2 Å². The van der Waals surface area contributed by atoms with Crippen LogP contribution in [-0.2, 0) is 4.74 Å². The first kappa shape index (κ1) is 11.9. The Kier molecular flexibility index (Phi) is 3.90. The first-order valence-corrected chi connectivity index (χ1v) is 5.43. The van der Waals surface area contributed by atoms with E-state index in [1.165, 1.54) is 0 Å². The quantitative estimate of drug-likeness (QED) is 0.696. The van der Waals surface area contributed by atoms with Gasteiger partial charge in [-0.1, -0.05) is 13.8 Å². The van der Waals surface area contributed by atoms with E-state index < -0.39 is 6.17 Å². The van der Waals surface area contributed by atoms with Crippen LogP contribution in [0.1, 0.15) is 27.7 Å². The normalized spacial score (nSPS) is 34.7. The Balaban J connectivity index is 2.59. The number of hydrogen-bond donors (Lipinski definition) is 0. The predicted octanol–water partition coefficient (Wildman–Crippen LogP) is 2.09. The van der Waals surface area contributed by atoms with Crippen molar-refractivity contribution in [1.82, 2.24) is 4.90 Å². The molecule has 0 aromatic carbocycles. The van der Waals surface area contributed by atoms with Crippen molar-refractivity contribution in [2.24, 2.45) is 5.92 Å². The lowest BCUT2D eigenvalue weighted by atomic mass is 10.00.